The summed E-state index contributed by atoms with van der Waals surface area (Å²) in [4.78, 5) is 27.2. The zero-order valence-electron chi connectivity index (χ0n) is 16.3. The Bertz CT molecular complexity index is 791. The third kappa shape index (κ3) is 5.19. The van der Waals surface area contributed by atoms with Gasteiger partial charge in [0.2, 0.25) is 5.91 Å². The van der Waals surface area contributed by atoms with E-state index in [-0.39, 0.29) is 11.8 Å². The van der Waals surface area contributed by atoms with Gasteiger partial charge >= 0.3 is 0 Å². The van der Waals surface area contributed by atoms with Crippen LogP contribution in [-0.2, 0) is 11.2 Å². The van der Waals surface area contributed by atoms with Gasteiger partial charge in [0.05, 0.1) is 0 Å². The van der Waals surface area contributed by atoms with Crippen LogP contribution in [0, 0.1) is 18.8 Å². The maximum absolute atomic E-state index is 12.9. The highest BCUT2D eigenvalue weighted by Gasteiger charge is 2.26. The minimum Gasteiger partial charge on any atom is -0.338 e. The lowest BCUT2D eigenvalue weighted by atomic mass is 9.91. The van der Waals surface area contributed by atoms with Gasteiger partial charge in [0, 0.05) is 30.8 Å². The molecule has 5 heteroatoms. The van der Waals surface area contributed by atoms with E-state index in [2.05, 4.69) is 24.5 Å². The van der Waals surface area contributed by atoms with Gasteiger partial charge in [0.15, 0.2) is 0 Å². The van der Waals surface area contributed by atoms with Gasteiger partial charge in [-0.25, -0.2) is 0 Å². The second-order valence-electron chi connectivity index (χ2n) is 7.87. The minimum absolute atomic E-state index is 0.0193. The fourth-order valence-electron chi connectivity index (χ4n) is 3.81. The Labute approximate surface area is 165 Å². The summed E-state index contributed by atoms with van der Waals surface area (Å²) in [5.41, 5.74) is 3.53. The van der Waals surface area contributed by atoms with Crippen LogP contribution < -0.4 is 5.32 Å². The fourth-order valence-corrected chi connectivity index (χ4v) is 4.51. The third-order valence-corrected chi connectivity index (χ3v) is 5.87. The Morgan fingerprint density at radius 2 is 1.93 bits per heavy atom. The van der Waals surface area contributed by atoms with E-state index in [9.17, 15) is 9.59 Å². The number of thiophene rings is 1. The van der Waals surface area contributed by atoms with Crippen molar-refractivity contribution in [2.45, 2.75) is 40.0 Å². The average molecular weight is 385 g/mol. The van der Waals surface area contributed by atoms with E-state index in [1.807, 2.05) is 41.5 Å². The molecule has 2 aromatic rings. The predicted octanol–water partition coefficient (Wildman–Crippen LogP) is 4.75. The Kier molecular flexibility index (Phi) is 6.32. The SMILES string of the molecule is Cc1ccc(C(=O)N2CC(C)CC(C)C2)cc1NC(=O)CCc1ccsc1. The van der Waals surface area contributed by atoms with Gasteiger partial charge in [0.25, 0.3) is 5.91 Å². The molecule has 27 heavy (non-hydrogen) atoms. The van der Waals surface area contributed by atoms with Gasteiger partial charge in [0.1, 0.15) is 0 Å². The zero-order valence-corrected chi connectivity index (χ0v) is 17.1. The number of nitrogens with zero attached hydrogens (tertiary/aromatic N) is 1. The number of anilines is 1. The van der Waals surface area contributed by atoms with E-state index >= 15 is 0 Å². The molecule has 1 aromatic heterocycles. The van der Waals surface area contributed by atoms with E-state index in [1.165, 1.54) is 12.0 Å². The highest BCUT2D eigenvalue weighted by molar-refractivity contribution is 7.07. The van der Waals surface area contributed by atoms with E-state index in [0.717, 1.165) is 30.8 Å². The molecule has 2 atom stereocenters. The van der Waals surface area contributed by atoms with Crippen LogP contribution in [0.5, 0.6) is 0 Å². The molecule has 2 unspecified atom stereocenters. The lowest BCUT2D eigenvalue weighted by Crippen LogP contribution is -2.42. The van der Waals surface area contributed by atoms with Crippen molar-refractivity contribution in [1.82, 2.24) is 4.90 Å². The first kappa shape index (κ1) is 19.6. The number of carbonyl (C=O) groups excluding carboxylic acids is 2. The highest BCUT2D eigenvalue weighted by atomic mass is 32.1. The highest BCUT2D eigenvalue weighted by Crippen LogP contribution is 2.24. The molecule has 4 nitrogen and oxygen atoms in total. The summed E-state index contributed by atoms with van der Waals surface area (Å²) < 4.78 is 0. The molecule has 1 saturated heterocycles. The third-order valence-electron chi connectivity index (χ3n) is 5.14. The lowest BCUT2D eigenvalue weighted by molar-refractivity contribution is -0.116. The maximum Gasteiger partial charge on any atom is 0.253 e. The molecule has 0 radical (unpaired) electrons. The molecule has 144 valence electrons. The summed E-state index contributed by atoms with van der Waals surface area (Å²) in [5.74, 6) is 1.09. The summed E-state index contributed by atoms with van der Waals surface area (Å²) in [7, 11) is 0. The van der Waals surface area contributed by atoms with E-state index < -0.39 is 0 Å². The Morgan fingerprint density at radius 3 is 2.59 bits per heavy atom. The number of benzene rings is 1. The molecule has 0 saturated carbocycles. The number of amides is 2. The summed E-state index contributed by atoms with van der Waals surface area (Å²) in [6.45, 7) is 7.96. The Balaban J connectivity index is 1.66. The van der Waals surface area contributed by atoms with Crippen molar-refractivity contribution in [3.63, 3.8) is 0 Å². The summed E-state index contributed by atoms with van der Waals surface area (Å²) in [5, 5.41) is 7.07. The van der Waals surface area contributed by atoms with Crippen LogP contribution in [-0.4, -0.2) is 29.8 Å². The van der Waals surface area contributed by atoms with Crippen LogP contribution in [0.2, 0.25) is 0 Å². The van der Waals surface area contributed by atoms with Crippen LogP contribution >= 0.6 is 11.3 Å². The van der Waals surface area contributed by atoms with Gasteiger partial charge in [-0.15, -0.1) is 0 Å². The second-order valence-corrected chi connectivity index (χ2v) is 8.65. The average Bonchev–Trinajstić information content (AvgIpc) is 3.14. The number of hydrogen-bond acceptors (Lipinski definition) is 3. The van der Waals surface area contributed by atoms with Crippen molar-refractivity contribution < 1.29 is 9.59 Å². The van der Waals surface area contributed by atoms with Gasteiger partial charge < -0.3 is 10.2 Å². The van der Waals surface area contributed by atoms with E-state index in [4.69, 9.17) is 0 Å². The number of nitrogens with one attached hydrogen (secondary N) is 1. The fraction of sp³-hybridized carbons (Fsp3) is 0.455. The zero-order chi connectivity index (χ0) is 19.4. The van der Waals surface area contributed by atoms with Crippen LogP contribution in [0.4, 0.5) is 5.69 Å². The first-order valence-electron chi connectivity index (χ1n) is 9.63. The summed E-state index contributed by atoms with van der Waals surface area (Å²) in [6, 6.07) is 7.65. The van der Waals surface area contributed by atoms with Crippen LogP contribution in [0.25, 0.3) is 0 Å². The first-order chi connectivity index (χ1) is 12.9. The molecular formula is C22H28N2O2S. The van der Waals surface area contributed by atoms with Crippen LogP contribution in [0.1, 0.15) is 48.2 Å². The standard InChI is InChI=1S/C22H28N2O2S/c1-15-10-16(2)13-24(12-15)22(26)19-6-4-17(3)20(11-19)23-21(25)7-5-18-8-9-27-14-18/h4,6,8-9,11,14-16H,5,7,10,12-13H2,1-3H3,(H,23,25). The van der Waals surface area contributed by atoms with Crippen molar-refractivity contribution in [2.24, 2.45) is 11.8 Å². The molecule has 1 aromatic carbocycles. The molecule has 2 heterocycles. The topological polar surface area (TPSA) is 49.4 Å². The molecule has 1 fully saturated rings. The van der Waals surface area contributed by atoms with E-state index in [1.54, 1.807) is 11.3 Å². The van der Waals surface area contributed by atoms with Crippen molar-refractivity contribution in [3.05, 3.63) is 51.7 Å². The molecule has 2 amide bonds. The summed E-state index contributed by atoms with van der Waals surface area (Å²) in [6.07, 6.45) is 2.34. The normalized spacial score (nSPS) is 19.7. The van der Waals surface area contributed by atoms with E-state index in [0.29, 0.717) is 23.8 Å². The molecule has 0 aliphatic carbocycles. The van der Waals surface area contributed by atoms with Crippen molar-refractivity contribution in [3.8, 4) is 0 Å². The van der Waals surface area contributed by atoms with Gasteiger partial charge in [-0.05, 0) is 71.7 Å². The maximum atomic E-state index is 12.9. The number of hydrogen-bond donors (Lipinski definition) is 1. The lowest BCUT2D eigenvalue weighted by Gasteiger charge is -2.35. The molecule has 1 aliphatic rings. The van der Waals surface area contributed by atoms with Crippen molar-refractivity contribution in [2.75, 3.05) is 18.4 Å². The Morgan fingerprint density at radius 1 is 1.19 bits per heavy atom. The van der Waals surface area contributed by atoms with Gasteiger partial charge in [-0.3, -0.25) is 9.59 Å². The predicted molar refractivity (Wildman–Crippen MR) is 111 cm³/mol. The molecule has 1 N–H and O–H groups in total. The van der Waals surface area contributed by atoms with Crippen molar-refractivity contribution in [1.29, 1.82) is 0 Å². The molecule has 1 aliphatic heterocycles. The minimum atomic E-state index is -0.0193. The smallest absolute Gasteiger partial charge is 0.253 e. The quantitative estimate of drug-likeness (QED) is 0.809. The molecule has 0 spiro atoms. The largest absolute Gasteiger partial charge is 0.338 e. The monoisotopic (exact) mass is 384 g/mol. The Hall–Kier alpha value is -2.14. The number of likely N-dealkylation sites (tertiary alicyclic amines) is 1. The molecule has 0 bridgehead atoms. The first-order valence-corrected chi connectivity index (χ1v) is 10.6. The van der Waals surface area contributed by atoms with Crippen molar-refractivity contribution >= 4 is 28.8 Å². The number of carbonyl (C=O) groups is 2. The summed E-state index contributed by atoms with van der Waals surface area (Å²) >= 11 is 1.64. The van der Waals surface area contributed by atoms with Gasteiger partial charge in [-0.2, -0.15) is 11.3 Å². The second kappa shape index (κ2) is 8.70. The van der Waals surface area contributed by atoms with Gasteiger partial charge in [-0.1, -0.05) is 19.9 Å². The molecule has 3 rings (SSSR count). The molecular weight excluding hydrogens is 356 g/mol. The number of piperidine rings is 1. The number of rotatable bonds is 5. The number of aryl methyl sites for hydroxylation is 2. The van der Waals surface area contributed by atoms with Crippen LogP contribution in [0.15, 0.2) is 35.0 Å². The van der Waals surface area contributed by atoms with Crippen LogP contribution in [0.3, 0.4) is 0 Å².